The summed E-state index contributed by atoms with van der Waals surface area (Å²) in [6, 6.07) is 0. The summed E-state index contributed by atoms with van der Waals surface area (Å²) in [4.78, 5) is 0. The Bertz CT molecular complexity index is 104. The Hall–Kier alpha value is 0.250. The maximum Gasteiger partial charge on any atom is 0.0249 e. The topological polar surface area (TPSA) is 12.0 Å². The zero-order valence-corrected chi connectivity index (χ0v) is 10.0. The Balaban J connectivity index is 2.99. The minimum absolute atomic E-state index is 0.675. The van der Waals surface area contributed by atoms with Gasteiger partial charge in [0.05, 0.1) is 0 Å². The average Bonchev–Trinajstić information content (AvgIpc) is 2.10. The summed E-state index contributed by atoms with van der Waals surface area (Å²) in [6.45, 7) is 9.04. The van der Waals surface area contributed by atoms with E-state index < -0.39 is 0 Å². The highest BCUT2D eigenvalue weighted by atomic mass is 35.5. The molecular weight excluding hydrogens is 182 g/mol. The maximum absolute atomic E-state index is 5.71. The lowest BCUT2D eigenvalue weighted by Gasteiger charge is -2.08. The quantitative estimate of drug-likeness (QED) is 0.474. The molecule has 0 aromatic heterocycles. The van der Waals surface area contributed by atoms with E-state index in [0.29, 0.717) is 5.92 Å². The van der Waals surface area contributed by atoms with Crippen LogP contribution in [0.3, 0.4) is 0 Å². The third-order valence-electron chi connectivity index (χ3n) is 2.21. The van der Waals surface area contributed by atoms with Crippen LogP contribution in [0.2, 0.25) is 0 Å². The molecule has 0 aliphatic carbocycles. The number of hydrogen-bond acceptors (Lipinski definition) is 1. The van der Waals surface area contributed by atoms with Gasteiger partial charge < -0.3 is 5.32 Å². The van der Waals surface area contributed by atoms with Crippen LogP contribution in [-0.4, -0.2) is 19.0 Å². The van der Waals surface area contributed by atoms with Crippen molar-refractivity contribution in [1.82, 2.24) is 5.32 Å². The van der Waals surface area contributed by atoms with Crippen molar-refractivity contribution >= 4 is 11.6 Å². The number of nitrogens with one attached hydrogen (secondary N) is 1. The molecule has 1 atom stereocenters. The highest BCUT2D eigenvalue weighted by Crippen LogP contribution is 2.06. The van der Waals surface area contributed by atoms with Crippen LogP contribution in [0.5, 0.6) is 0 Å². The van der Waals surface area contributed by atoms with Crippen molar-refractivity contribution in [1.29, 1.82) is 0 Å². The van der Waals surface area contributed by atoms with E-state index in [2.05, 4.69) is 26.1 Å². The number of alkyl halides is 1. The number of hydrogen-bond donors (Lipinski definition) is 1. The van der Waals surface area contributed by atoms with E-state index >= 15 is 0 Å². The van der Waals surface area contributed by atoms with E-state index in [1.54, 1.807) is 0 Å². The lowest BCUT2D eigenvalue weighted by atomic mass is 10.1. The van der Waals surface area contributed by atoms with Crippen molar-refractivity contribution in [3.63, 3.8) is 0 Å². The fraction of sp³-hybridized carbons (Fsp3) is 1.00. The van der Waals surface area contributed by atoms with Crippen molar-refractivity contribution in [3.05, 3.63) is 0 Å². The predicted octanol–water partition coefficient (Wildman–Crippen LogP) is 3.28. The van der Waals surface area contributed by atoms with Gasteiger partial charge >= 0.3 is 0 Å². The van der Waals surface area contributed by atoms with Crippen LogP contribution < -0.4 is 5.32 Å². The van der Waals surface area contributed by atoms with Gasteiger partial charge in [0.1, 0.15) is 0 Å². The molecule has 0 aromatic carbocycles. The van der Waals surface area contributed by atoms with Crippen molar-refractivity contribution in [2.45, 2.75) is 40.0 Å². The van der Waals surface area contributed by atoms with Gasteiger partial charge in [-0.25, -0.2) is 0 Å². The third-order valence-corrected chi connectivity index (χ3v) is 2.74. The molecule has 0 aliphatic rings. The second-order valence-corrected chi connectivity index (χ2v) is 4.64. The van der Waals surface area contributed by atoms with Crippen LogP contribution in [0.1, 0.15) is 40.0 Å². The van der Waals surface area contributed by atoms with Crippen molar-refractivity contribution in [2.75, 3.05) is 19.0 Å². The van der Waals surface area contributed by atoms with Gasteiger partial charge in [-0.2, -0.15) is 0 Å². The second kappa shape index (κ2) is 8.83. The summed E-state index contributed by atoms with van der Waals surface area (Å²) in [5.74, 6) is 2.29. The third kappa shape index (κ3) is 10.2. The molecule has 13 heavy (non-hydrogen) atoms. The first-order valence-electron chi connectivity index (χ1n) is 5.43. The summed E-state index contributed by atoms with van der Waals surface area (Å²) >= 11 is 5.71. The standard InChI is InChI=1S/C11H24ClN/c1-10(2)6-8-13-7-4-5-11(3)9-12/h10-11,13H,4-9H2,1-3H3. The highest BCUT2D eigenvalue weighted by Gasteiger charge is 1.98. The summed E-state index contributed by atoms with van der Waals surface area (Å²) < 4.78 is 0. The van der Waals surface area contributed by atoms with Gasteiger partial charge in [0.2, 0.25) is 0 Å². The number of rotatable bonds is 8. The SMILES string of the molecule is CC(C)CCNCCCC(C)CCl. The van der Waals surface area contributed by atoms with E-state index in [1.165, 1.54) is 19.3 Å². The highest BCUT2D eigenvalue weighted by molar-refractivity contribution is 6.18. The molecule has 80 valence electrons. The van der Waals surface area contributed by atoms with E-state index in [-0.39, 0.29) is 0 Å². The number of halogens is 1. The van der Waals surface area contributed by atoms with Crippen LogP contribution in [0.15, 0.2) is 0 Å². The minimum Gasteiger partial charge on any atom is -0.317 e. The fourth-order valence-electron chi connectivity index (χ4n) is 1.17. The maximum atomic E-state index is 5.71. The summed E-state index contributed by atoms with van der Waals surface area (Å²) in [5.41, 5.74) is 0. The van der Waals surface area contributed by atoms with Gasteiger partial charge in [0.15, 0.2) is 0 Å². The minimum atomic E-state index is 0.675. The molecule has 0 fully saturated rings. The summed E-state index contributed by atoms with van der Waals surface area (Å²) in [5, 5.41) is 3.45. The summed E-state index contributed by atoms with van der Waals surface area (Å²) in [7, 11) is 0. The van der Waals surface area contributed by atoms with Crippen molar-refractivity contribution in [3.8, 4) is 0 Å². The molecular formula is C11H24ClN. The first-order valence-corrected chi connectivity index (χ1v) is 5.97. The van der Waals surface area contributed by atoms with Gasteiger partial charge in [-0.1, -0.05) is 20.8 Å². The van der Waals surface area contributed by atoms with Crippen LogP contribution >= 0.6 is 11.6 Å². The van der Waals surface area contributed by atoms with Gasteiger partial charge in [-0.05, 0) is 44.2 Å². The normalized spacial score (nSPS) is 13.6. The van der Waals surface area contributed by atoms with Gasteiger partial charge in [0, 0.05) is 5.88 Å². The molecule has 0 spiro atoms. The van der Waals surface area contributed by atoms with Crippen molar-refractivity contribution < 1.29 is 0 Å². The lowest BCUT2D eigenvalue weighted by molar-refractivity contribution is 0.500. The molecule has 0 rings (SSSR count). The Labute approximate surface area is 88.2 Å². The molecule has 0 heterocycles. The monoisotopic (exact) mass is 205 g/mol. The molecule has 0 aromatic rings. The molecule has 0 aliphatic heterocycles. The molecule has 0 saturated heterocycles. The van der Waals surface area contributed by atoms with Crippen LogP contribution in [-0.2, 0) is 0 Å². The Morgan fingerprint density at radius 3 is 2.31 bits per heavy atom. The van der Waals surface area contributed by atoms with E-state index in [1.807, 2.05) is 0 Å². The van der Waals surface area contributed by atoms with E-state index in [9.17, 15) is 0 Å². The molecule has 0 saturated carbocycles. The Morgan fingerprint density at radius 1 is 1.08 bits per heavy atom. The fourth-order valence-corrected chi connectivity index (χ4v) is 1.32. The Morgan fingerprint density at radius 2 is 1.77 bits per heavy atom. The first-order chi connectivity index (χ1) is 6.16. The largest absolute Gasteiger partial charge is 0.317 e. The molecule has 0 amide bonds. The van der Waals surface area contributed by atoms with Gasteiger partial charge in [-0.3, -0.25) is 0 Å². The molecule has 0 bridgehead atoms. The molecule has 1 unspecified atom stereocenters. The predicted molar refractivity (Wildman–Crippen MR) is 61.4 cm³/mol. The Kier molecular flexibility index (Phi) is 9.00. The van der Waals surface area contributed by atoms with Gasteiger partial charge in [-0.15, -0.1) is 11.6 Å². The molecule has 2 heteroatoms. The van der Waals surface area contributed by atoms with E-state index in [4.69, 9.17) is 11.6 Å². The van der Waals surface area contributed by atoms with E-state index in [0.717, 1.165) is 24.9 Å². The second-order valence-electron chi connectivity index (χ2n) is 4.33. The first kappa shape index (κ1) is 13.2. The lowest BCUT2D eigenvalue weighted by Crippen LogP contribution is -2.18. The molecule has 1 N–H and O–H groups in total. The molecule has 0 radical (unpaired) electrons. The van der Waals surface area contributed by atoms with Crippen LogP contribution in [0, 0.1) is 11.8 Å². The summed E-state index contributed by atoms with van der Waals surface area (Å²) in [6.07, 6.45) is 3.79. The zero-order chi connectivity index (χ0) is 10.1. The smallest absolute Gasteiger partial charge is 0.0249 e. The molecule has 1 nitrogen and oxygen atoms in total. The van der Waals surface area contributed by atoms with Crippen LogP contribution in [0.25, 0.3) is 0 Å². The average molecular weight is 206 g/mol. The van der Waals surface area contributed by atoms with Gasteiger partial charge in [0.25, 0.3) is 0 Å². The zero-order valence-electron chi connectivity index (χ0n) is 9.28. The van der Waals surface area contributed by atoms with Crippen molar-refractivity contribution in [2.24, 2.45) is 11.8 Å². The van der Waals surface area contributed by atoms with Crippen LogP contribution in [0.4, 0.5) is 0 Å².